The van der Waals surface area contributed by atoms with Crippen LogP contribution >= 0.6 is 11.6 Å². The molecule has 5 rings (SSSR count). The fourth-order valence-electron chi connectivity index (χ4n) is 4.40. The molecule has 0 bridgehead atoms. The van der Waals surface area contributed by atoms with Crippen molar-refractivity contribution < 1.29 is 17.9 Å². The normalized spacial score (nSPS) is 12.0. The van der Waals surface area contributed by atoms with Crippen LogP contribution in [-0.2, 0) is 13.1 Å². The molecule has 0 N–H and O–H groups in total. The van der Waals surface area contributed by atoms with Gasteiger partial charge in [0.15, 0.2) is 0 Å². The Hall–Kier alpha value is -3.79. The summed E-state index contributed by atoms with van der Waals surface area (Å²) in [7, 11) is 1.56. The highest BCUT2D eigenvalue weighted by Crippen LogP contribution is 2.26. The second kappa shape index (κ2) is 9.34. The van der Waals surface area contributed by atoms with E-state index in [1.165, 1.54) is 0 Å². The molecule has 7 nitrogen and oxygen atoms in total. The average molecular weight is 516 g/mol. The van der Waals surface area contributed by atoms with E-state index in [0.717, 1.165) is 0 Å². The van der Waals surface area contributed by atoms with E-state index in [1.54, 1.807) is 81.7 Å². The highest BCUT2D eigenvalue weighted by molar-refractivity contribution is 6.29. The molecule has 0 amide bonds. The van der Waals surface area contributed by atoms with Gasteiger partial charge in [0.1, 0.15) is 10.9 Å². The molecule has 36 heavy (non-hydrogen) atoms. The number of benzene rings is 1. The number of halogens is 4. The number of alkyl halides is 3. The summed E-state index contributed by atoms with van der Waals surface area (Å²) in [6, 6.07) is 13.9. The Morgan fingerprint density at radius 3 is 2.50 bits per heavy atom. The monoisotopic (exact) mass is 515 g/mol. The quantitative estimate of drug-likeness (QED) is 0.265. The zero-order valence-corrected chi connectivity index (χ0v) is 19.9. The maximum Gasteiger partial charge on any atom is 0.389 e. The highest BCUT2D eigenvalue weighted by Gasteiger charge is 2.26. The predicted molar refractivity (Wildman–Crippen MR) is 131 cm³/mol. The number of ether oxygens (including phenoxy) is 1. The van der Waals surface area contributed by atoms with Crippen LogP contribution < -0.4 is 10.4 Å². The molecule has 4 aromatic heterocycles. The summed E-state index contributed by atoms with van der Waals surface area (Å²) in [5.74, 6) is 0.659. The minimum atomic E-state index is -4.25. The third kappa shape index (κ3) is 4.56. The van der Waals surface area contributed by atoms with Crippen molar-refractivity contribution in [3.8, 4) is 11.4 Å². The Morgan fingerprint density at radius 1 is 1.00 bits per heavy atom. The molecule has 0 saturated heterocycles. The van der Waals surface area contributed by atoms with Crippen molar-refractivity contribution in [1.82, 2.24) is 23.7 Å². The maximum absolute atomic E-state index is 13.6. The summed E-state index contributed by atoms with van der Waals surface area (Å²) in [4.78, 5) is 22.2. The second-order valence-electron chi connectivity index (χ2n) is 8.31. The van der Waals surface area contributed by atoms with Gasteiger partial charge in [-0.1, -0.05) is 11.6 Å². The molecule has 0 radical (unpaired) electrons. The fraction of sp³-hybridized carbons (Fsp3) is 0.240. The Balaban J connectivity index is 1.61. The van der Waals surface area contributed by atoms with E-state index in [0.29, 0.717) is 39.2 Å². The predicted octanol–water partition coefficient (Wildman–Crippen LogP) is 5.59. The first kappa shape index (κ1) is 23.9. The van der Waals surface area contributed by atoms with E-state index in [1.807, 2.05) is 0 Å². The van der Waals surface area contributed by atoms with Crippen molar-refractivity contribution in [3.05, 3.63) is 82.3 Å². The van der Waals surface area contributed by atoms with Crippen molar-refractivity contribution in [2.45, 2.75) is 32.1 Å². The molecule has 0 aliphatic rings. The molecule has 0 atom stereocenters. The van der Waals surface area contributed by atoms with Crippen LogP contribution in [0.4, 0.5) is 13.2 Å². The smallest absolute Gasteiger partial charge is 0.389 e. The molecule has 5 aromatic rings. The number of pyridine rings is 2. The van der Waals surface area contributed by atoms with Gasteiger partial charge in [-0.15, -0.1) is 0 Å². The summed E-state index contributed by atoms with van der Waals surface area (Å²) in [6.07, 6.45) is -2.06. The lowest BCUT2D eigenvalue weighted by Gasteiger charge is -2.12. The number of imidazole rings is 1. The van der Waals surface area contributed by atoms with Gasteiger partial charge in [0.05, 0.1) is 47.6 Å². The molecule has 0 spiro atoms. The van der Waals surface area contributed by atoms with E-state index < -0.39 is 12.6 Å². The molecular weight excluding hydrogens is 495 g/mol. The van der Waals surface area contributed by atoms with Gasteiger partial charge in [-0.05, 0) is 55.0 Å². The van der Waals surface area contributed by atoms with Gasteiger partial charge >= 0.3 is 11.9 Å². The SMILES string of the molecule is COc1ccc(-n2c(=O)n(Cc3cc4nc(Cl)ccc4n3CCCC(F)(F)F)c3cnccc32)cc1. The Bertz CT molecular complexity index is 1600. The van der Waals surface area contributed by atoms with Crippen LogP contribution in [0.3, 0.4) is 0 Å². The van der Waals surface area contributed by atoms with Crippen LogP contribution in [0.15, 0.2) is 65.7 Å². The number of hydrogen-bond donors (Lipinski definition) is 0. The van der Waals surface area contributed by atoms with Crippen molar-refractivity contribution in [3.63, 3.8) is 0 Å². The van der Waals surface area contributed by atoms with Crippen molar-refractivity contribution in [2.24, 2.45) is 0 Å². The molecule has 0 unspecified atom stereocenters. The molecule has 0 fully saturated rings. The van der Waals surface area contributed by atoms with Gasteiger partial charge in [-0.3, -0.25) is 14.1 Å². The first-order chi connectivity index (χ1) is 17.2. The van der Waals surface area contributed by atoms with Gasteiger partial charge < -0.3 is 9.30 Å². The van der Waals surface area contributed by atoms with Gasteiger partial charge in [-0.25, -0.2) is 9.78 Å². The number of hydrogen-bond acceptors (Lipinski definition) is 4. The lowest BCUT2D eigenvalue weighted by Crippen LogP contribution is -2.24. The molecule has 186 valence electrons. The second-order valence-corrected chi connectivity index (χ2v) is 8.70. The lowest BCUT2D eigenvalue weighted by atomic mass is 10.3. The van der Waals surface area contributed by atoms with Gasteiger partial charge in [0.25, 0.3) is 0 Å². The number of rotatable bonds is 7. The minimum Gasteiger partial charge on any atom is -0.497 e. The Labute approximate surface area is 208 Å². The average Bonchev–Trinajstić information content (AvgIpc) is 3.32. The Kier molecular flexibility index (Phi) is 6.21. The zero-order valence-electron chi connectivity index (χ0n) is 19.2. The number of aryl methyl sites for hydroxylation is 1. The van der Waals surface area contributed by atoms with Crippen molar-refractivity contribution in [2.75, 3.05) is 7.11 Å². The molecule has 11 heteroatoms. The van der Waals surface area contributed by atoms with Crippen molar-refractivity contribution >= 4 is 33.7 Å². The van der Waals surface area contributed by atoms with Crippen LogP contribution in [-0.4, -0.2) is 37.0 Å². The van der Waals surface area contributed by atoms with Crippen LogP contribution in [0.5, 0.6) is 5.75 Å². The molecule has 0 aliphatic heterocycles. The molecule has 0 aliphatic carbocycles. The molecule has 4 heterocycles. The molecule has 0 saturated carbocycles. The number of aromatic nitrogens is 5. The lowest BCUT2D eigenvalue weighted by molar-refractivity contribution is -0.135. The standard InChI is InChI=1S/C25H21ClF3N5O2/c1-36-18-5-3-16(4-6-18)34-21-9-11-30-14-22(21)33(24(34)35)15-17-13-19-20(7-8-23(26)31-19)32(17)12-2-10-25(27,28)29/h3-9,11,13-14H,2,10,12,15H2,1H3. The zero-order chi connectivity index (χ0) is 25.4. The Morgan fingerprint density at radius 2 is 1.78 bits per heavy atom. The largest absolute Gasteiger partial charge is 0.497 e. The van der Waals surface area contributed by atoms with E-state index in [4.69, 9.17) is 16.3 Å². The van der Waals surface area contributed by atoms with Crippen LogP contribution in [0.25, 0.3) is 27.8 Å². The molecular formula is C25H21ClF3N5O2. The first-order valence-electron chi connectivity index (χ1n) is 11.2. The van der Waals surface area contributed by atoms with Crippen LogP contribution in [0.2, 0.25) is 5.15 Å². The van der Waals surface area contributed by atoms with Crippen LogP contribution in [0, 0.1) is 0 Å². The summed E-state index contributed by atoms with van der Waals surface area (Å²) in [6.45, 7) is 0.232. The maximum atomic E-state index is 13.6. The molecule has 1 aromatic carbocycles. The summed E-state index contributed by atoms with van der Waals surface area (Å²) >= 11 is 6.06. The van der Waals surface area contributed by atoms with Gasteiger partial charge in [-0.2, -0.15) is 13.2 Å². The number of fused-ring (bicyclic) bond motifs is 2. The van der Waals surface area contributed by atoms with E-state index in [9.17, 15) is 18.0 Å². The van der Waals surface area contributed by atoms with Crippen LogP contribution in [0.1, 0.15) is 18.5 Å². The summed E-state index contributed by atoms with van der Waals surface area (Å²) < 4.78 is 48.6. The number of methoxy groups -OCH3 is 1. The van der Waals surface area contributed by atoms with Gasteiger partial charge in [0.2, 0.25) is 0 Å². The van der Waals surface area contributed by atoms with Gasteiger partial charge in [0, 0.05) is 24.9 Å². The first-order valence-corrected chi connectivity index (χ1v) is 11.5. The number of nitrogens with zero attached hydrogens (tertiary/aromatic N) is 5. The summed E-state index contributed by atoms with van der Waals surface area (Å²) in [5.41, 5.74) is 3.44. The van der Waals surface area contributed by atoms with E-state index >= 15 is 0 Å². The fourth-order valence-corrected chi connectivity index (χ4v) is 4.55. The summed E-state index contributed by atoms with van der Waals surface area (Å²) in [5, 5.41) is 0.277. The van der Waals surface area contributed by atoms with E-state index in [2.05, 4.69) is 9.97 Å². The third-order valence-electron chi connectivity index (χ3n) is 6.03. The minimum absolute atomic E-state index is 0.104. The van der Waals surface area contributed by atoms with E-state index in [-0.39, 0.29) is 30.4 Å². The topological polar surface area (TPSA) is 66.9 Å². The third-order valence-corrected chi connectivity index (χ3v) is 6.24. The van der Waals surface area contributed by atoms with Crippen molar-refractivity contribution in [1.29, 1.82) is 0 Å². The highest BCUT2D eigenvalue weighted by atomic mass is 35.5.